The highest BCUT2D eigenvalue weighted by atomic mass is 32.1. The Bertz CT molecular complexity index is 866. The molecule has 30 heavy (non-hydrogen) atoms. The molecule has 3 rings (SSSR count). The van der Waals surface area contributed by atoms with Crippen molar-refractivity contribution >= 4 is 28.9 Å². The Labute approximate surface area is 180 Å². The van der Waals surface area contributed by atoms with E-state index in [1.54, 1.807) is 36.4 Å². The van der Waals surface area contributed by atoms with Crippen LogP contribution < -0.4 is 4.90 Å². The molecule has 1 fully saturated rings. The molecule has 1 aromatic heterocycles. The molecule has 162 valence electrons. The van der Waals surface area contributed by atoms with Crippen molar-refractivity contribution in [2.24, 2.45) is 0 Å². The van der Waals surface area contributed by atoms with Crippen molar-refractivity contribution in [3.8, 4) is 0 Å². The minimum Gasteiger partial charge on any atom is -0.477 e. The smallest absolute Gasteiger partial charge is 0.345 e. The van der Waals surface area contributed by atoms with Gasteiger partial charge in [0.05, 0.1) is 12.1 Å². The molecular formula is C23H28FNO4S. The number of aryl methyl sites for hydroxylation is 1. The largest absolute Gasteiger partial charge is 0.477 e. The number of aliphatic hydroxyl groups is 1. The van der Waals surface area contributed by atoms with Crippen LogP contribution in [0, 0.1) is 0 Å². The lowest BCUT2D eigenvalue weighted by atomic mass is 9.92. The van der Waals surface area contributed by atoms with E-state index in [4.69, 9.17) is 5.11 Å². The van der Waals surface area contributed by atoms with Crippen molar-refractivity contribution in [1.82, 2.24) is 0 Å². The van der Waals surface area contributed by atoms with Crippen LogP contribution in [0.5, 0.6) is 0 Å². The van der Waals surface area contributed by atoms with Crippen molar-refractivity contribution in [2.45, 2.75) is 70.2 Å². The molecule has 2 unspecified atom stereocenters. The summed E-state index contributed by atoms with van der Waals surface area (Å²) < 4.78 is 14.2. The van der Waals surface area contributed by atoms with Crippen LogP contribution in [0.2, 0.25) is 0 Å². The molecule has 0 bridgehead atoms. The first-order valence-electron chi connectivity index (χ1n) is 10.5. The molecule has 1 amide bonds. The number of rotatable bonds is 11. The van der Waals surface area contributed by atoms with Gasteiger partial charge in [0.25, 0.3) is 5.91 Å². The number of unbranched alkanes of at least 4 members (excludes halogenated alkanes) is 2. The number of halogens is 1. The van der Waals surface area contributed by atoms with Crippen LogP contribution in [0.25, 0.3) is 0 Å². The average molecular weight is 434 g/mol. The van der Waals surface area contributed by atoms with Crippen molar-refractivity contribution in [1.29, 1.82) is 0 Å². The van der Waals surface area contributed by atoms with E-state index in [1.165, 1.54) is 16.2 Å². The second-order valence-corrected chi connectivity index (χ2v) is 8.91. The Morgan fingerprint density at radius 2 is 1.90 bits per heavy atom. The number of hydrogen-bond donors (Lipinski definition) is 2. The molecule has 0 saturated carbocycles. The van der Waals surface area contributed by atoms with Gasteiger partial charge in [-0.05, 0) is 55.5 Å². The van der Waals surface area contributed by atoms with Crippen LogP contribution in [0.4, 0.5) is 10.1 Å². The number of carbonyl (C=O) groups excluding carboxylic acids is 1. The van der Waals surface area contributed by atoms with E-state index >= 15 is 0 Å². The molecule has 2 N–H and O–H groups in total. The molecule has 2 aromatic rings. The SMILES string of the molecule is CCCCCC(O)c1ccc(N2C(=O)C(F)[C@@H]2CCCc2ccc(C(=O)O)s2)cc1. The zero-order valence-electron chi connectivity index (χ0n) is 17.1. The number of benzene rings is 1. The van der Waals surface area contributed by atoms with Gasteiger partial charge in [-0.15, -0.1) is 11.3 Å². The molecule has 0 radical (unpaired) electrons. The van der Waals surface area contributed by atoms with Gasteiger partial charge in [-0.25, -0.2) is 9.18 Å². The van der Waals surface area contributed by atoms with Gasteiger partial charge in [-0.1, -0.05) is 38.3 Å². The zero-order valence-corrected chi connectivity index (χ0v) is 17.9. The molecule has 1 aromatic carbocycles. The summed E-state index contributed by atoms with van der Waals surface area (Å²) in [4.78, 5) is 25.8. The van der Waals surface area contributed by atoms with Gasteiger partial charge in [0, 0.05) is 10.6 Å². The Morgan fingerprint density at radius 1 is 1.17 bits per heavy atom. The third-order valence-corrected chi connectivity index (χ3v) is 6.71. The molecule has 3 atom stereocenters. The highest BCUT2D eigenvalue weighted by Gasteiger charge is 2.48. The minimum atomic E-state index is -1.50. The Hall–Kier alpha value is -2.25. The van der Waals surface area contributed by atoms with Crippen molar-refractivity contribution in [3.63, 3.8) is 0 Å². The van der Waals surface area contributed by atoms with Crippen LogP contribution in [0.1, 0.15) is 71.7 Å². The Kier molecular flexibility index (Phi) is 7.61. The molecule has 1 saturated heterocycles. The van der Waals surface area contributed by atoms with Crippen molar-refractivity contribution < 1.29 is 24.2 Å². The summed E-state index contributed by atoms with van der Waals surface area (Å²) in [5, 5.41) is 19.3. The van der Waals surface area contributed by atoms with Gasteiger partial charge < -0.3 is 15.1 Å². The minimum absolute atomic E-state index is 0.297. The number of hydrogen-bond acceptors (Lipinski definition) is 4. The maximum atomic E-state index is 14.2. The number of aliphatic hydroxyl groups excluding tert-OH is 1. The summed E-state index contributed by atoms with van der Waals surface area (Å²) in [7, 11) is 0. The number of alkyl halides is 1. The maximum absolute atomic E-state index is 14.2. The van der Waals surface area contributed by atoms with Crippen LogP contribution in [-0.2, 0) is 11.2 Å². The molecule has 2 heterocycles. The highest BCUT2D eigenvalue weighted by molar-refractivity contribution is 7.13. The van der Waals surface area contributed by atoms with Gasteiger partial charge in [0.2, 0.25) is 0 Å². The first-order chi connectivity index (χ1) is 14.4. The number of thiophene rings is 1. The Balaban J connectivity index is 1.56. The van der Waals surface area contributed by atoms with E-state index in [2.05, 4.69) is 6.92 Å². The van der Waals surface area contributed by atoms with E-state index in [9.17, 15) is 19.1 Å². The van der Waals surface area contributed by atoms with E-state index < -0.39 is 30.2 Å². The lowest BCUT2D eigenvalue weighted by Gasteiger charge is -2.43. The average Bonchev–Trinajstić information content (AvgIpc) is 3.22. The summed E-state index contributed by atoms with van der Waals surface area (Å²) in [5.74, 6) is -1.47. The molecule has 1 aliphatic heterocycles. The lowest BCUT2D eigenvalue weighted by molar-refractivity contribution is -0.131. The third-order valence-electron chi connectivity index (χ3n) is 5.58. The molecule has 0 spiro atoms. The number of carboxylic acids is 1. The normalized spacial score (nSPS) is 19.6. The van der Waals surface area contributed by atoms with Gasteiger partial charge in [0.1, 0.15) is 4.88 Å². The fraction of sp³-hybridized carbons (Fsp3) is 0.478. The molecule has 5 nitrogen and oxygen atoms in total. The fourth-order valence-corrected chi connectivity index (χ4v) is 4.72. The second-order valence-electron chi connectivity index (χ2n) is 7.74. The predicted molar refractivity (Wildman–Crippen MR) is 116 cm³/mol. The van der Waals surface area contributed by atoms with Crippen LogP contribution in [0.15, 0.2) is 36.4 Å². The number of β-lactam (4-membered cyclic amide) rings is 1. The lowest BCUT2D eigenvalue weighted by Crippen LogP contribution is -2.63. The van der Waals surface area contributed by atoms with Crippen LogP contribution >= 0.6 is 11.3 Å². The third kappa shape index (κ3) is 5.08. The molecule has 7 heteroatoms. The summed E-state index contributed by atoms with van der Waals surface area (Å²) in [6.07, 6.45) is 3.67. The van der Waals surface area contributed by atoms with E-state index in [-0.39, 0.29) is 0 Å². The van der Waals surface area contributed by atoms with Gasteiger partial charge in [-0.3, -0.25) is 4.79 Å². The monoisotopic (exact) mass is 433 g/mol. The van der Waals surface area contributed by atoms with Crippen LogP contribution in [0.3, 0.4) is 0 Å². The van der Waals surface area contributed by atoms with E-state index in [1.807, 2.05) is 0 Å². The first kappa shape index (κ1) is 22.4. The number of aromatic carboxylic acids is 1. The van der Waals surface area contributed by atoms with Crippen molar-refractivity contribution in [3.05, 3.63) is 51.7 Å². The topological polar surface area (TPSA) is 77.8 Å². The highest BCUT2D eigenvalue weighted by Crippen LogP contribution is 2.34. The van der Waals surface area contributed by atoms with Gasteiger partial charge in [-0.2, -0.15) is 0 Å². The van der Waals surface area contributed by atoms with E-state index in [0.717, 1.165) is 29.7 Å². The summed E-state index contributed by atoms with van der Waals surface area (Å²) >= 11 is 1.23. The second kappa shape index (κ2) is 10.2. The van der Waals surface area contributed by atoms with Gasteiger partial charge in [0.15, 0.2) is 6.17 Å². The van der Waals surface area contributed by atoms with Crippen molar-refractivity contribution in [2.75, 3.05) is 4.90 Å². The number of nitrogens with zero attached hydrogens (tertiary/aromatic N) is 1. The fourth-order valence-electron chi connectivity index (χ4n) is 3.83. The number of anilines is 1. The standard InChI is InChI=1S/C23H28FNO4S/c1-2-3-4-8-19(26)15-9-11-16(12-10-15)25-18(21(24)22(25)27)7-5-6-17-13-14-20(30-17)23(28)29/h9-14,18-19,21,26H,2-8H2,1H3,(H,28,29)/t18-,19?,21?/m0/s1. The van der Waals surface area contributed by atoms with E-state index in [0.29, 0.717) is 36.2 Å². The summed E-state index contributed by atoms with van der Waals surface area (Å²) in [5.41, 5.74) is 1.45. The quantitative estimate of drug-likeness (QED) is 0.380. The molecule has 1 aliphatic rings. The van der Waals surface area contributed by atoms with Crippen LogP contribution in [-0.4, -0.2) is 34.3 Å². The zero-order chi connectivity index (χ0) is 21.7. The number of carboxylic acid groups (broad SMARTS) is 1. The molecule has 0 aliphatic carbocycles. The van der Waals surface area contributed by atoms with Gasteiger partial charge >= 0.3 is 5.97 Å². The number of carbonyl (C=O) groups is 2. The predicted octanol–water partition coefficient (Wildman–Crippen LogP) is 5.14. The molecular weight excluding hydrogens is 405 g/mol. The first-order valence-corrected chi connectivity index (χ1v) is 11.3. The Morgan fingerprint density at radius 3 is 2.53 bits per heavy atom. The summed E-state index contributed by atoms with van der Waals surface area (Å²) in [6.45, 7) is 2.12. The number of amides is 1. The maximum Gasteiger partial charge on any atom is 0.345 e. The summed E-state index contributed by atoms with van der Waals surface area (Å²) in [6, 6.07) is 10.0.